The molecule has 17 heavy (non-hydrogen) atoms. The number of benzene rings is 1. The first-order valence-electron chi connectivity index (χ1n) is 5.50. The van der Waals surface area contributed by atoms with E-state index in [4.69, 9.17) is 16.0 Å². The summed E-state index contributed by atoms with van der Waals surface area (Å²) in [5.74, 6) is 0.254. The molecule has 92 valence electrons. The van der Waals surface area contributed by atoms with Gasteiger partial charge in [-0.1, -0.05) is 6.07 Å². The minimum Gasteiger partial charge on any atom is -0.408 e. The lowest BCUT2D eigenvalue weighted by Gasteiger charge is -2.15. The Balaban J connectivity index is 2.49. The lowest BCUT2D eigenvalue weighted by atomic mass is 10.0. The van der Waals surface area contributed by atoms with Crippen LogP contribution < -0.4 is 11.1 Å². The van der Waals surface area contributed by atoms with Gasteiger partial charge >= 0.3 is 5.76 Å². The monoisotopic (exact) mass is 254 g/mol. The summed E-state index contributed by atoms with van der Waals surface area (Å²) >= 11 is 5.76. The molecular formula is C12H15ClN2O2. The summed E-state index contributed by atoms with van der Waals surface area (Å²) in [4.78, 5) is 11.4. The Morgan fingerprint density at radius 1 is 1.53 bits per heavy atom. The molecule has 1 aromatic carbocycles. The van der Waals surface area contributed by atoms with E-state index < -0.39 is 0 Å². The zero-order valence-corrected chi connectivity index (χ0v) is 10.6. The molecule has 1 aromatic heterocycles. The predicted octanol–water partition coefficient (Wildman–Crippen LogP) is 2.02. The summed E-state index contributed by atoms with van der Waals surface area (Å²) in [6, 6.07) is 5.94. The van der Waals surface area contributed by atoms with Gasteiger partial charge in [0.2, 0.25) is 0 Å². The van der Waals surface area contributed by atoms with Crippen LogP contribution in [0.4, 0.5) is 0 Å². The van der Waals surface area contributed by atoms with Crippen LogP contribution in [0.15, 0.2) is 27.4 Å². The molecular weight excluding hydrogens is 240 g/mol. The lowest BCUT2D eigenvalue weighted by Crippen LogP contribution is -2.17. The average molecular weight is 255 g/mol. The van der Waals surface area contributed by atoms with Crippen molar-refractivity contribution in [1.29, 1.82) is 0 Å². The van der Waals surface area contributed by atoms with Crippen molar-refractivity contribution in [3.05, 3.63) is 34.3 Å². The molecule has 0 bridgehead atoms. The van der Waals surface area contributed by atoms with Gasteiger partial charge in [0.25, 0.3) is 0 Å². The van der Waals surface area contributed by atoms with Crippen molar-refractivity contribution < 1.29 is 4.42 Å². The van der Waals surface area contributed by atoms with Crippen LogP contribution in [0.2, 0.25) is 0 Å². The van der Waals surface area contributed by atoms with Gasteiger partial charge < -0.3 is 9.73 Å². The van der Waals surface area contributed by atoms with Crippen LogP contribution >= 0.6 is 11.6 Å². The van der Waals surface area contributed by atoms with E-state index in [1.807, 2.05) is 25.2 Å². The van der Waals surface area contributed by atoms with Crippen LogP contribution in [0.3, 0.4) is 0 Å². The van der Waals surface area contributed by atoms with E-state index in [9.17, 15) is 4.79 Å². The summed E-state index contributed by atoms with van der Waals surface area (Å²) in [7, 11) is 3.60. The Bertz CT molecular complexity index is 573. The number of aromatic nitrogens is 1. The maximum atomic E-state index is 11.4. The molecule has 1 atom stereocenters. The number of nitrogens with one attached hydrogen (secondary N) is 1. The molecule has 0 aliphatic rings. The topological polar surface area (TPSA) is 47.2 Å². The largest absolute Gasteiger partial charge is 0.419 e. The first kappa shape index (κ1) is 12.2. The molecule has 0 spiro atoms. The van der Waals surface area contributed by atoms with E-state index in [0.29, 0.717) is 11.5 Å². The highest BCUT2D eigenvalue weighted by Gasteiger charge is 2.12. The SMILES string of the molecule is CNC(CCCl)c1ccc2oc(=O)n(C)c2c1. The lowest BCUT2D eigenvalue weighted by molar-refractivity contribution is 0.528. The van der Waals surface area contributed by atoms with Gasteiger partial charge in [0.1, 0.15) is 0 Å². The summed E-state index contributed by atoms with van der Waals surface area (Å²) < 4.78 is 6.59. The number of alkyl halides is 1. The molecule has 2 aromatic rings. The smallest absolute Gasteiger partial charge is 0.408 e. The number of aryl methyl sites for hydroxylation is 1. The summed E-state index contributed by atoms with van der Waals surface area (Å²) in [5.41, 5.74) is 2.53. The molecule has 0 saturated carbocycles. The summed E-state index contributed by atoms with van der Waals surface area (Å²) in [6.45, 7) is 0. The van der Waals surface area contributed by atoms with Gasteiger partial charge in [-0.2, -0.15) is 0 Å². The second-order valence-electron chi connectivity index (χ2n) is 3.97. The second-order valence-corrected chi connectivity index (χ2v) is 4.35. The normalized spacial score (nSPS) is 13.1. The van der Waals surface area contributed by atoms with Crippen molar-refractivity contribution in [3.63, 3.8) is 0 Å². The highest BCUT2D eigenvalue weighted by atomic mass is 35.5. The first-order chi connectivity index (χ1) is 8.17. The fourth-order valence-corrected chi connectivity index (χ4v) is 2.17. The third-order valence-electron chi connectivity index (χ3n) is 2.96. The maximum absolute atomic E-state index is 11.4. The number of oxazole rings is 1. The van der Waals surface area contributed by atoms with Gasteiger partial charge in [0.15, 0.2) is 5.58 Å². The van der Waals surface area contributed by atoms with E-state index >= 15 is 0 Å². The Morgan fingerprint density at radius 2 is 2.29 bits per heavy atom. The van der Waals surface area contributed by atoms with Crippen molar-refractivity contribution in [2.24, 2.45) is 7.05 Å². The summed E-state index contributed by atoms with van der Waals surface area (Å²) in [6.07, 6.45) is 0.843. The minimum atomic E-state index is -0.337. The predicted molar refractivity (Wildman–Crippen MR) is 68.6 cm³/mol. The molecule has 0 radical (unpaired) electrons. The highest BCUT2D eigenvalue weighted by Crippen LogP contribution is 2.21. The Labute approximate surface area is 104 Å². The Kier molecular flexibility index (Phi) is 3.54. The zero-order valence-electron chi connectivity index (χ0n) is 9.87. The second kappa shape index (κ2) is 4.94. The van der Waals surface area contributed by atoms with Crippen LogP contribution in [0.1, 0.15) is 18.0 Å². The van der Waals surface area contributed by atoms with Gasteiger partial charge in [-0.3, -0.25) is 4.57 Å². The van der Waals surface area contributed by atoms with E-state index in [0.717, 1.165) is 17.5 Å². The molecule has 1 N–H and O–H groups in total. The number of fused-ring (bicyclic) bond motifs is 1. The van der Waals surface area contributed by atoms with Gasteiger partial charge in [-0.25, -0.2) is 4.79 Å². The maximum Gasteiger partial charge on any atom is 0.419 e. The van der Waals surface area contributed by atoms with Crippen LogP contribution in [-0.4, -0.2) is 17.5 Å². The third-order valence-corrected chi connectivity index (χ3v) is 3.18. The quantitative estimate of drug-likeness (QED) is 0.850. The van der Waals surface area contributed by atoms with Gasteiger partial charge in [0, 0.05) is 19.0 Å². The van der Waals surface area contributed by atoms with Crippen molar-refractivity contribution in [1.82, 2.24) is 9.88 Å². The highest BCUT2D eigenvalue weighted by molar-refractivity contribution is 6.17. The minimum absolute atomic E-state index is 0.196. The fraction of sp³-hybridized carbons (Fsp3) is 0.417. The van der Waals surface area contributed by atoms with E-state index in [1.165, 1.54) is 4.57 Å². The zero-order chi connectivity index (χ0) is 12.4. The number of nitrogens with zero attached hydrogens (tertiary/aromatic N) is 1. The van der Waals surface area contributed by atoms with Crippen molar-refractivity contribution in [2.45, 2.75) is 12.5 Å². The summed E-state index contributed by atoms with van der Waals surface area (Å²) in [5, 5.41) is 3.21. The molecule has 0 amide bonds. The number of hydrogen-bond donors (Lipinski definition) is 1. The van der Waals surface area contributed by atoms with Gasteiger partial charge in [-0.15, -0.1) is 11.6 Å². The van der Waals surface area contributed by atoms with Crippen molar-refractivity contribution in [2.75, 3.05) is 12.9 Å². The van der Waals surface area contributed by atoms with Crippen LogP contribution in [-0.2, 0) is 7.05 Å². The first-order valence-corrected chi connectivity index (χ1v) is 6.03. The Morgan fingerprint density at radius 3 is 2.94 bits per heavy atom. The number of hydrogen-bond acceptors (Lipinski definition) is 3. The fourth-order valence-electron chi connectivity index (χ4n) is 1.95. The third kappa shape index (κ3) is 2.23. The molecule has 0 aliphatic carbocycles. The van der Waals surface area contributed by atoms with E-state index in [-0.39, 0.29) is 11.8 Å². The molecule has 0 saturated heterocycles. The van der Waals surface area contributed by atoms with Gasteiger partial charge in [0.05, 0.1) is 5.52 Å². The molecule has 5 heteroatoms. The van der Waals surface area contributed by atoms with Crippen LogP contribution in [0.5, 0.6) is 0 Å². The van der Waals surface area contributed by atoms with Crippen molar-refractivity contribution in [3.8, 4) is 0 Å². The molecule has 0 aliphatic heterocycles. The van der Waals surface area contributed by atoms with Crippen molar-refractivity contribution >= 4 is 22.7 Å². The Hall–Kier alpha value is -1.26. The molecule has 0 fully saturated rings. The molecule has 1 heterocycles. The van der Waals surface area contributed by atoms with E-state index in [1.54, 1.807) is 7.05 Å². The standard InChI is InChI=1S/C12H15ClN2O2/c1-14-9(5-6-13)8-3-4-11-10(7-8)15(2)12(16)17-11/h3-4,7,9,14H,5-6H2,1-2H3. The van der Waals surface area contributed by atoms with Crippen LogP contribution in [0.25, 0.3) is 11.1 Å². The van der Waals surface area contributed by atoms with E-state index in [2.05, 4.69) is 5.32 Å². The molecule has 2 rings (SSSR count). The average Bonchev–Trinajstić information content (AvgIpc) is 2.62. The number of rotatable bonds is 4. The van der Waals surface area contributed by atoms with Crippen LogP contribution in [0, 0.1) is 0 Å². The van der Waals surface area contributed by atoms with Gasteiger partial charge in [-0.05, 0) is 31.2 Å². The molecule has 4 nitrogen and oxygen atoms in total. The molecule has 1 unspecified atom stereocenters. The number of halogens is 1.